The summed E-state index contributed by atoms with van der Waals surface area (Å²) < 4.78 is 0. The van der Waals surface area contributed by atoms with E-state index in [-0.39, 0.29) is 0 Å². The van der Waals surface area contributed by atoms with E-state index in [1.165, 1.54) is 57.8 Å². The van der Waals surface area contributed by atoms with Crippen LogP contribution in [0.1, 0.15) is 78.6 Å². The first-order chi connectivity index (χ1) is 8.71. The highest BCUT2D eigenvalue weighted by Crippen LogP contribution is 2.38. The SMILES string of the molecule is CCCCCCC(N)C1(N(CC)CC)CCCC1. The van der Waals surface area contributed by atoms with Gasteiger partial charge in [0.05, 0.1) is 0 Å². The van der Waals surface area contributed by atoms with Crippen molar-refractivity contribution in [2.45, 2.75) is 90.1 Å². The van der Waals surface area contributed by atoms with Crippen molar-refractivity contribution >= 4 is 0 Å². The van der Waals surface area contributed by atoms with Crippen LogP contribution in [-0.4, -0.2) is 29.6 Å². The summed E-state index contributed by atoms with van der Waals surface area (Å²) in [4.78, 5) is 2.64. The summed E-state index contributed by atoms with van der Waals surface area (Å²) >= 11 is 0. The van der Waals surface area contributed by atoms with Crippen LogP contribution in [0, 0.1) is 0 Å². The zero-order valence-electron chi connectivity index (χ0n) is 12.9. The van der Waals surface area contributed by atoms with E-state index in [1.54, 1.807) is 0 Å². The maximum absolute atomic E-state index is 6.61. The van der Waals surface area contributed by atoms with Gasteiger partial charge in [0, 0.05) is 11.6 Å². The number of unbranched alkanes of at least 4 members (excludes halogenated alkanes) is 3. The Bertz CT molecular complexity index is 205. The van der Waals surface area contributed by atoms with Gasteiger partial charge in [-0.1, -0.05) is 59.3 Å². The molecule has 0 heterocycles. The van der Waals surface area contributed by atoms with Crippen LogP contribution in [0.3, 0.4) is 0 Å². The summed E-state index contributed by atoms with van der Waals surface area (Å²) in [7, 11) is 0. The minimum absolute atomic E-state index is 0.329. The van der Waals surface area contributed by atoms with Crippen LogP contribution in [0.5, 0.6) is 0 Å². The molecule has 0 aromatic heterocycles. The molecule has 0 radical (unpaired) electrons. The molecule has 0 aliphatic heterocycles. The summed E-state index contributed by atoms with van der Waals surface area (Å²) in [6.45, 7) is 9.15. The van der Waals surface area contributed by atoms with Crippen LogP contribution in [0.2, 0.25) is 0 Å². The number of rotatable bonds is 9. The predicted octanol–water partition coefficient (Wildman–Crippen LogP) is 3.94. The molecule has 108 valence electrons. The van der Waals surface area contributed by atoms with Crippen molar-refractivity contribution in [1.29, 1.82) is 0 Å². The van der Waals surface area contributed by atoms with E-state index in [1.807, 2.05) is 0 Å². The van der Waals surface area contributed by atoms with E-state index >= 15 is 0 Å². The number of hydrogen-bond acceptors (Lipinski definition) is 2. The minimum atomic E-state index is 0.329. The monoisotopic (exact) mass is 254 g/mol. The second-order valence-electron chi connectivity index (χ2n) is 5.94. The van der Waals surface area contributed by atoms with Crippen LogP contribution in [-0.2, 0) is 0 Å². The van der Waals surface area contributed by atoms with Gasteiger partial charge >= 0.3 is 0 Å². The minimum Gasteiger partial charge on any atom is -0.326 e. The first kappa shape index (κ1) is 16.0. The summed E-state index contributed by atoms with van der Waals surface area (Å²) in [6.07, 6.45) is 12.0. The van der Waals surface area contributed by atoms with Crippen molar-refractivity contribution in [2.24, 2.45) is 5.73 Å². The highest BCUT2D eigenvalue weighted by Gasteiger charge is 2.42. The van der Waals surface area contributed by atoms with Gasteiger partial charge in [-0.3, -0.25) is 4.90 Å². The summed E-state index contributed by atoms with van der Waals surface area (Å²) in [6, 6.07) is 0.386. The fraction of sp³-hybridized carbons (Fsp3) is 1.00. The largest absolute Gasteiger partial charge is 0.326 e. The van der Waals surface area contributed by atoms with Gasteiger partial charge in [0.15, 0.2) is 0 Å². The van der Waals surface area contributed by atoms with Crippen molar-refractivity contribution in [3.8, 4) is 0 Å². The Hall–Kier alpha value is -0.0800. The average Bonchev–Trinajstić information content (AvgIpc) is 2.86. The van der Waals surface area contributed by atoms with Crippen LogP contribution in [0.4, 0.5) is 0 Å². The molecule has 1 unspecified atom stereocenters. The third kappa shape index (κ3) is 3.71. The fourth-order valence-electron chi connectivity index (χ4n) is 3.82. The predicted molar refractivity (Wildman–Crippen MR) is 80.9 cm³/mol. The maximum atomic E-state index is 6.61. The van der Waals surface area contributed by atoms with Crippen molar-refractivity contribution < 1.29 is 0 Å². The standard InChI is InChI=1S/C16H34N2/c1-4-7-8-9-12-15(17)16(13-10-11-14-16)18(5-2)6-3/h15H,4-14,17H2,1-3H3. The molecule has 0 aromatic carbocycles. The Morgan fingerprint density at radius 2 is 1.61 bits per heavy atom. The topological polar surface area (TPSA) is 29.3 Å². The quantitative estimate of drug-likeness (QED) is 0.632. The van der Waals surface area contributed by atoms with Gasteiger partial charge in [0.1, 0.15) is 0 Å². The molecule has 1 atom stereocenters. The summed E-state index contributed by atoms with van der Waals surface area (Å²) in [5, 5.41) is 0. The average molecular weight is 254 g/mol. The molecule has 18 heavy (non-hydrogen) atoms. The summed E-state index contributed by atoms with van der Waals surface area (Å²) in [5.41, 5.74) is 6.94. The zero-order valence-corrected chi connectivity index (χ0v) is 12.9. The Kier molecular flexibility index (Phi) is 7.25. The maximum Gasteiger partial charge on any atom is 0.0360 e. The highest BCUT2D eigenvalue weighted by molar-refractivity contribution is 5.01. The van der Waals surface area contributed by atoms with E-state index in [4.69, 9.17) is 5.73 Å². The lowest BCUT2D eigenvalue weighted by Gasteiger charge is -2.45. The third-order valence-electron chi connectivity index (χ3n) is 4.92. The zero-order chi connectivity index (χ0) is 13.4. The molecule has 1 aliphatic carbocycles. The van der Waals surface area contributed by atoms with Crippen LogP contribution >= 0.6 is 0 Å². The number of hydrogen-bond donors (Lipinski definition) is 1. The first-order valence-corrected chi connectivity index (χ1v) is 8.21. The number of nitrogens with two attached hydrogens (primary N) is 1. The Morgan fingerprint density at radius 3 is 2.11 bits per heavy atom. The number of likely N-dealkylation sites (N-methyl/N-ethyl adjacent to an activating group) is 1. The van der Waals surface area contributed by atoms with Crippen LogP contribution in [0.25, 0.3) is 0 Å². The molecule has 1 saturated carbocycles. The van der Waals surface area contributed by atoms with Gasteiger partial charge in [-0.05, 0) is 32.4 Å². The lowest BCUT2D eigenvalue weighted by atomic mass is 9.83. The van der Waals surface area contributed by atoms with E-state index in [0.29, 0.717) is 11.6 Å². The molecule has 1 aliphatic rings. The molecule has 2 N–H and O–H groups in total. The molecular formula is C16H34N2. The van der Waals surface area contributed by atoms with Gasteiger partial charge in [-0.25, -0.2) is 0 Å². The molecule has 0 saturated heterocycles. The van der Waals surface area contributed by atoms with Crippen LogP contribution < -0.4 is 5.73 Å². The molecule has 0 amide bonds. The second-order valence-corrected chi connectivity index (χ2v) is 5.94. The lowest BCUT2D eigenvalue weighted by molar-refractivity contribution is 0.0732. The Balaban J connectivity index is 2.54. The van der Waals surface area contributed by atoms with E-state index in [2.05, 4.69) is 25.7 Å². The molecule has 0 spiro atoms. The third-order valence-corrected chi connectivity index (χ3v) is 4.92. The van der Waals surface area contributed by atoms with E-state index in [0.717, 1.165) is 13.1 Å². The fourth-order valence-corrected chi connectivity index (χ4v) is 3.82. The molecule has 2 heteroatoms. The van der Waals surface area contributed by atoms with Gasteiger partial charge in [0.2, 0.25) is 0 Å². The van der Waals surface area contributed by atoms with Crippen molar-refractivity contribution in [1.82, 2.24) is 4.90 Å². The lowest BCUT2D eigenvalue weighted by Crippen LogP contribution is -2.58. The highest BCUT2D eigenvalue weighted by atomic mass is 15.2. The molecule has 0 bridgehead atoms. The first-order valence-electron chi connectivity index (χ1n) is 8.21. The van der Waals surface area contributed by atoms with E-state index in [9.17, 15) is 0 Å². The van der Waals surface area contributed by atoms with E-state index < -0.39 is 0 Å². The number of nitrogens with zero attached hydrogens (tertiary/aromatic N) is 1. The van der Waals surface area contributed by atoms with Crippen molar-refractivity contribution in [3.63, 3.8) is 0 Å². The molecular weight excluding hydrogens is 220 g/mol. The van der Waals surface area contributed by atoms with Gasteiger partial charge in [-0.2, -0.15) is 0 Å². The normalized spacial score (nSPS) is 20.5. The van der Waals surface area contributed by atoms with Gasteiger partial charge < -0.3 is 5.73 Å². The molecule has 1 fully saturated rings. The molecule has 0 aromatic rings. The Labute approximate surface area is 114 Å². The molecule has 2 nitrogen and oxygen atoms in total. The molecule has 1 rings (SSSR count). The van der Waals surface area contributed by atoms with Gasteiger partial charge in [0.25, 0.3) is 0 Å². The van der Waals surface area contributed by atoms with Crippen molar-refractivity contribution in [3.05, 3.63) is 0 Å². The second kappa shape index (κ2) is 8.16. The smallest absolute Gasteiger partial charge is 0.0360 e. The summed E-state index contributed by atoms with van der Waals surface area (Å²) in [5.74, 6) is 0. The Morgan fingerprint density at radius 1 is 1.00 bits per heavy atom. The van der Waals surface area contributed by atoms with Crippen LogP contribution in [0.15, 0.2) is 0 Å². The van der Waals surface area contributed by atoms with Crippen molar-refractivity contribution in [2.75, 3.05) is 13.1 Å². The van der Waals surface area contributed by atoms with Gasteiger partial charge in [-0.15, -0.1) is 0 Å².